The topological polar surface area (TPSA) is 50.2 Å². The van der Waals surface area contributed by atoms with Crippen molar-refractivity contribution < 1.29 is 9.90 Å². The van der Waals surface area contributed by atoms with Crippen molar-refractivity contribution in [2.24, 2.45) is 0 Å². The van der Waals surface area contributed by atoms with Crippen LogP contribution in [-0.4, -0.2) is 20.8 Å². The normalized spacial score (nSPS) is 11.7. The van der Waals surface area contributed by atoms with E-state index >= 15 is 0 Å². The Kier molecular flexibility index (Phi) is 3.21. The number of thiazole rings is 1. The molecule has 1 aromatic rings. The molecule has 0 bridgehead atoms. The number of aromatic nitrogens is 1. The molecule has 1 aromatic heterocycles. The minimum absolute atomic E-state index is 0.809. The Morgan fingerprint density at radius 2 is 2.07 bits per heavy atom. The lowest BCUT2D eigenvalue weighted by atomic mass is 10.2. The predicted octanol–water partition coefficient (Wildman–Crippen LogP) is 2.72. The van der Waals surface area contributed by atoms with E-state index in [1.807, 2.05) is 13.8 Å². The minimum Gasteiger partial charge on any atom is -0.480 e. The van der Waals surface area contributed by atoms with Gasteiger partial charge in [0.1, 0.15) is 4.75 Å². The second kappa shape index (κ2) is 3.90. The summed E-state index contributed by atoms with van der Waals surface area (Å²) in [5.74, 6) is -0.812. The first-order chi connectivity index (χ1) is 6.33. The lowest BCUT2D eigenvalue weighted by molar-refractivity contribution is -0.138. The van der Waals surface area contributed by atoms with Gasteiger partial charge in [0.05, 0.1) is 5.69 Å². The van der Waals surface area contributed by atoms with E-state index in [4.69, 9.17) is 5.11 Å². The fourth-order valence-electron chi connectivity index (χ4n) is 0.749. The van der Waals surface area contributed by atoms with E-state index in [2.05, 4.69) is 4.98 Å². The molecule has 0 unspecified atom stereocenters. The van der Waals surface area contributed by atoms with Crippen molar-refractivity contribution in [3.63, 3.8) is 0 Å². The zero-order valence-corrected chi connectivity index (χ0v) is 10.3. The number of carboxylic acids is 1. The Morgan fingerprint density at radius 3 is 2.43 bits per heavy atom. The van der Waals surface area contributed by atoms with Gasteiger partial charge in [0, 0.05) is 4.88 Å². The molecule has 0 aliphatic heterocycles. The Labute approximate surface area is 91.6 Å². The number of carboxylic acid groups (broad SMARTS) is 1. The third-order valence-electron chi connectivity index (χ3n) is 1.87. The predicted molar refractivity (Wildman–Crippen MR) is 59.2 cm³/mol. The van der Waals surface area contributed by atoms with E-state index in [1.54, 1.807) is 25.2 Å². The molecule has 0 aliphatic carbocycles. The molecule has 0 saturated carbocycles. The number of hydrogen-bond donors (Lipinski definition) is 1. The summed E-state index contributed by atoms with van der Waals surface area (Å²) in [7, 11) is 0. The molecule has 0 aromatic carbocycles. The van der Waals surface area contributed by atoms with E-state index in [1.165, 1.54) is 11.8 Å². The van der Waals surface area contributed by atoms with Crippen LogP contribution in [0.25, 0.3) is 0 Å². The van der Waals surface area contributed by atoms with Crippen LogP contribution in [-0.2, 0) is 4.79 Å². The van der Waals surface area contributed by atoms with Crippen LogP contribution in [0.4, 0.5) is 0 Å². The van der Waals surface area contributed by atoms with Gasteiger partial charge in [-0.3, -0.25) is 4.79 Å². The minimum atomic E-state index is -0.812. The maximum absolute atomic E-state index is 10.9. The summed E-state index contributed by atoms with van der Waals surface area (Å²) >= 11 is 2.84. The molecule has 0 spiro atoms. The largest absolute Gasteiger partial charge is 0.480 e. The van der Waals surface area contributed by atoms with E-state index in [0.29, 0.717) is 0 Å². The zero-order valence-electron chi connectivity index (χ0n) is 8.62. The molecular weight excluding hydrogens is 218 g/mol. The van der Waals surface area contributed by atoms with Crippen molar-refractivity contribution in [3.8, 4) is 0 Å². The van der Waals surface area contributed by atoms with E-state index in [9.17, 15) is 4.79 Å². The monoisotopic (exact) mass is 231 g/mol. The molecule has 14 heavy (non-hydrogen) atoms. The van der Waals surface area contributed by atoms with Gasteiger partial charge in [0.25, 0.3) is 0 Å². The maximum atomic E-state index is 10.9. The van der Waals surface area contributed by atoms with E-state index in [-0.39, 0.29) is 0 Å². The highest BCUT2D eigenvalue weighted by atomic mass is 32.2. The highest BCUT2D eigenvalue weighted by Gasteiger charge is 2.29. The summed E-state index contributed by atoms with van der Waals surface area (Å²) in [5.41, 5.74) is 0.985. The first kappa shape index (κ1) is 11.5. The van der Waals surface area contributed by atoms with Crippen molar-refractivity contribution in [2.75, 3.05) is 0 Å². The van der Waals surface area contributed by atoms with Gasteiger partial charge in [-0.2, -0.15) is 0 Å². The van der Waals surface area contributed by atoms with Crippen molar-refractivity contribution in [1.29, 1.82) is 0 Å². The molecule has 0 fully saturated rings. The lowest BCUT2D eigenvalue weighted by Crippen LogP contribution is -2.26. The summed E-state index contributed by atoms with van der Waals surface area (Å²) < 4.78 is 0.0175. The number of thioether (sulfide) groups is 1. The molecule has 0 aliphatic rings. The smallest absolute Gasteiger partial charge is 0.319 e. The van der Waals surface area contributed by atoms with Crippen molar-refractivity contribution in [3.05, 3.63) is 10.6 Å². The van der Waals surface area contributed by atoms with Gasteiger partial charge in [0.15, 0.2) is 4.34 Å². The molecule has 78 valence electrons. The fraction of sp³-hybridized carbons (Fsp3) is 0.556. The van der Waals surface area contributed by atoms with Crippen LogP contribution < -0.4 is 0 Å². The van der Waals surface area contributed by atoms with Gasteiger partial charge in [-0.25, -0.2) is 4.98 Å². The third-order valence-corrected chi connectivity index (χ3v) is 4.18. The average molecular weight is 231 g/mol. The molecule has 0 atom stereocenters. The Hall–Kier alpha value is -0.550. The molecule has 0 saturated heterocycles. The Balaban J connectivity index is 2.84. The molecule has 0 radical (unpaired) electrons. The molecule has 1 rings (SSSR count). The van der Waals surface area contributed by atoms with Gasteiger partial charge >= 0.3 is 5.97 Å². The van der Waals surface area contributed by atoms with Crippen LogP contribution in [0.3, 0.4) is 0 Å². The number of hydrogen-bond acceptors (Lipinski definition) is 4. The second-order valence-electron chi connectivity index (χ2n) is 3.54. The number of rotatable bonds is 3. The lowest BCUT2D eigenvalue weighted by Gasteiger charge is -2.15. The van der Waals surface area contributed by atoms with Gasteiger partial charge in [-0.05, 0) is 27.7 Å². The zero-order chi connectivity index (χ0) is 10.9. The summed E-state index contributed by atoms with van der Waals surface area (Å²) in [4.78, 5) is 16.3. The highest BCUT2D eigenvalue weighted by molar-refractivity contribution is 8.03. The standard InChI is InChI=1S/C9H13NO2S2/c1-5-6(2)13-8(10-5)14-9(3,4)7(11)12/h1-4H3,(H,11,12). The van der Waals surface area contributed by atoms with Crippen LogP contribution >= 0.6 is 23.1 Å². The summed E-state index contributed by atoms with van der Waals surface area (Å²) in [6, 6.07) is 0. The van der Waals surface area contributed by atoms with Gasteiger partial charge in [-0.15, -0.1) is 11.3 Å². The molecule has 1 N–H and O–H groups in total. The molecule has 3 nitrogen and oxygen atoms in total. The number of aryl methyl sites for hydroxylation is 2. The number of aliphatic carboxylic acids is 1. The maximum Gasteiger partial charge on any atom is 0.319 e. The van der Waals surface area contributed by atoms with Gasteiger partial charge in [0.2, 0.25) is 0 Å². The first-order valence-electron chi connectivity index (χ1n) is 4.19. The third kappa shape index (κ3) is 2.48. The second-order valence-corrected chi connectivity index (χ2v) is 6.61. The Bertz CT molecular complexity index is 338. The summed E-state index contributed by atoms with van der Waals surface area (Å²) in [5, 5.41) is 8.93. The summed E-state index contributed by atoms with van der Waals surface area (Å²) in [6.45, 7) is 7.30. The molecule has 5 heteroatoms. The van der Waals surface area contributed by atoms with Crippen LogP contribution in [0.5, 0.6) is 0 Å². The number of nitrogens with zero attached hydrogens (tertiary/aromatic N) is 1. The average Bonchev–Trinajstić information content (AvgIpc) is 2.29. The first-order valence-corrected chi connectivity index (χ1v) is 5.82. The molecule has 1 heterocycles. The molecular formula is C9H13NO2S2. The molecule has 0 amide bonds. The SMILES string of the molecule is Cc1nc(SC(C)(C)C(=O)O)sc1C. The number of carbonyl (C=O) groups is 1. The van der Waals surface area contributed by atoms with Gasteiger partial charge < -0.3 is 5.11 Å². The van der Waals surface area contributed by atoms with E-state index in [0.717, 1.165) is 14.9 Å². The fourth-order valence-corrected chi connectivity index (χ4v) is 3.26. The summed E-state index contributed by atoms with van der Waals surface area (Å²) in [6.07, 6.45) is 0. The Morgan fingerprint density at radius 1 is 1.50 bits per heavy atom. The van der Waals surface area contributed by atoms with Crippen LogP contribution in [0, 0.1) is 13.8 Å². The van der Waals surface area contributed by atoms with Crippen LogP contribution in [0.15, 0.2) is 4.34 Å². The van der Waals surface area contributed by atoms with Crippen molar-refractivity contribution >= 4 is 29.1 Å². The van der Waals surface area contributed by atoms with Crippen molar-refractivity contribution in [2.45, 2.75) is 36.8 Å². The van der Waals surface area contributed by atoms with E-state index < -0.39 is 10.7 Å². The quantitative estimate of drug-likeness (QED) is 0.813. The van der Waals surface area contributed by atoms with Crippen LogP contribution in [0.2, 0.25) is 0 Å². The van der Waals surface area contributed by atoms with Crippen LogP contribution in [0.1, 0.15) is 24.4 Å². The van der Waals surface area contributed by atoms with Gasteiger partial charge in [-0.1, -0.05) is 11.8 Å². The van der Waals surface area contributed by atoms with Crippen molar-refractivity contribution in [1.82, 2.24) is 4.98 Å². The highest BCUT2D eigenvalue weighted by Crippen LogP contribution is 2.36.